The number of methoxy groups -OCH3 is 1. The summed E-state index contributed by atoms with van der Waals surface area (Å²) in [5.41, 5.74) is 0. The van der Waals surface area contributed by atoms with E-state index in [-0.39, 0.29) is 11.9 Å². The molecular formula is C11H14FNO2. The molecule has 0 amide bonds. The van der Waals surface area contributed by atoms with Gasteiger partial charge in [-0.3, -0.25) is 0 Å². The average Bonchev–Trinajstić information content (AvgIpc) is 2.73. The summed E-state index contributed by atoms with van der Waals surface area (Å²) in [5.74, 6) is 0.734. The van der Waals surface area contributed by atoms with E-state index in [0.717, 1.165) is 19.5 Å². The van der Waals surface area contributed by atoms with Gasteiger partial charge in [-0.05, 0) is 25.1 Å². The third-order valence-electron chi connectivity index (χ3n) is 2.43. The van der Waals surface area contributed by atoms with E-state index in [4.69, 9.17) is 9.47 Å². The molecule has 1 aromatic rings. The van der Waals surface area contributed by atoms with Crippen LogP contribution in [0.5, 0.6) is 11.5 Å². The predicted octanol–water partition coefficient (Wildman–Crippen LogP) is 1.57. The fourth-order valence-corrected chi connectivity index (χ4v) is 1.65. The normalized spacial score (nSPS) is 20.3. The van der Waals surface area contributed by atoms with Crippen molar-refractivity contribution in [3.8, 4) is 11.5 Å². The maximum absolute atomic E-state index is 12.9. The Kier molecular flexibility index (Phi) is 3.06. The first-order valence-electron chi connectivity index (χ1n) is 5.00. The van der Waals surface area contributed by atoms with Crippen LogP contribution >= 0.6 is 0 Å². The second kappa shape index (κ2) is 4.49. The number of ether oxygens (including phenoxy) is 2. The van der Waals surface area contributed by atoms with Crippen LogP contribution in [0.3, 0.4) is 0 Å². The highest BCUT2D eigenvalue weighted by Gasteiger charge is 2.17. The fraction of sp³-hybridized carbons (Fsp3) is 0.455. The second-order valence-electron chi connectivity index (χ2n) is 3.53. The lowest BCUT2D eigenvalue weighted by atomic mass is 10.3. The molecule has 82 valence electrons. The highest BCUT2D eigenvalue weighted by atomic mass is 19.1. The molecule has 4 heteroatoms. The van der Waals surface area contributed by atoms with Crippen molar-refractivity contribution in [3.05, 3.63) is 24.0 Å². The van der Waals surface area contributed by atoms with Gasteiger partial charge in [-0.1, -0.05) is 0 Å². The van der Waals surface area contributed by atoms with Crippen molar-refractivity contribution in [2.75, 3.05) is 20.2 Å². The summed E-state index contributed by atoms with van der Waals surface area (Å²) in [6.45, 7) is 1.80. The molecule has 0 bridgehead atoms. The molecule has 15 heavy (non-hydrogen) atoms. The summed E-state index contributed by atoms with van der Waals surface area (Å²) >= 11 is 0. The summed E-state index contributed by atoms with van der Waals surface area (Å²) < 4.78 is 23.6. The highest BCUT2D eigenvalue weighted by molar-refractivity contribution is 5.40. The van der Waals surface area contributed by atoms with Crippen LogP contribution < -0.4 is 14.8 Å². The first-order chi connectivity index (χ1) is 7.29. The monoisotopic (exact) mass is 211 g/mol. The van der Waals surface area contributed by atoms with Crippen LogP contribution in [0.2, 0.25) is 0 Å². The number of hydrogen-bond donors (Lipinski definition) is 1. The first kappa shape index (κ1) is 10.2. The summed E-state index contributed by atoms with van der Waals surface area (Å²) in [4.78, 5) is 0. The quantitative estimate of drug-likeness (QED) is 0.823. The van der Waals surface area contributed by atoms with Gasteiger partial charge >= 0.3 is 0 Å². The zero-order chi connectivity index (χ0) is 10.7. The van der Waals surface area contributed by atoms with Crippen LogP contribution in [0, 0.1) is 5.82 Å². The van der Waals surface area contributed by atoms with Gasteiger partial charge in [-0.2, -0.15) is 0 Å². The Morgan fingerprint density at radius 2 is 2.27 bits per heavy atom. The van der Waals surface area contributed by atoms with Gasteiger partial charge in [0.2, 0.25) is 0 Å². The Balaban J connectivity index is 2.12. The van der Waals surface area contributed by atoms with Crippen molar-refractivity contribution in [1.82, 2.24) is 5.32 Å². The van der Waals surface area contributed by atoms with E-state index >= 15 is 0 Å². The molecule has 1 unspecified atom stereocenters. The Bertz CT molecular complexity index is 337. The number of hydrogen-bond acceptors (Lipinski definition) is 3. The van der Waals surface area contributed by atoms with E-state index in [9.17, 15) is 4.39 Å². The van der Waals surface area contributed by atoms with E-state index < -0.39 is 0 Å². The minimum Gasteiger partial charge on any atom is -0.493 e. The summed E-state index contributed by atoms with van der Waals surface area (Å²) in [7, 11) is 1.51. The van der Waals surface area contributed by atoms with Crippen LogP contribution in [0.25, 0.3) is 0 Å². The third-order valence-corrected chi connectivity index (χ3v) is 2.43. The fourth-order valence-electron chi connectivity index (χ4n) is 1.65. The lowest BCUT2D eigenvalue weighted by Gasteiger charge is -2.15. The Morgan fingerprint density at radius 1 is 1.40 bits per heavy atom. The van der Waals surface area contributed by atoms with Gasteiger partial charge in [0.15, 0.2) is 11.5 Å². The van der Waals surface area contributed by atoms with Crippen LogP contribution in [-0.4, -0.2) is 26.3 Å². The highest BCUT2D eigenvalue weighted by Crippen LogP contribution is 2.29. The standard InChI is InChI=1S/C11H14FNO2/c1-14-11-6-8(12)2-3-10(11)15-9-4-5-13-7-9/h2-3,6,9,13H,4-5,7H2,1H3. The number of nitrogens with one attached hydrogen (secondary N) is 1. The van der Waals surface area contributed by atoms with Gasteiger partial charge in [0, 0.05) is 12.6 Å². The molecule has 0 saturated carbocycles. The van der Waals surface area contributed by atoms with Gasteiger partial charge in [0.1, 0.15) is 11.9 Å². The van der Waals surface area contributed by atoms with Crippen molar-refractivity contribution < 1.29 is 13.9 Å². The molecule has 3 nitrogen and oxygen atoms in total. The van der Waals surface area contributed by atoms with Gasteiger partial charge in [-0.25, -0.2) is 4.39 Å². The van der Waals surface area contributed by atoms with E-state index in [1.807, 2.05) is 0 Å². The largest absolute Gasteiger partial charge is 0.493 e. The Hall–Kier alpha value is -1.29. The van der Waals surface area contributed by atoms with E-state index in [0.29, 0.717) is 11.5 Å². The minimum absolute atomic E-state index is 0.157. The van der Waals surface area contributed by atoms with Crippen molar-refractivity contribution in [1.29, 1.82) is 0 Å². The molecule has 0 spiro atoms. The van der Waals surface area contributed by atoms with E-state index in [1.165, 1.54) is 19.2 Å². The molecule has 1 aromatic carbocycles. The molecule has 1 saturated heterocycles. The number of rotatable bonds is 3. The van der Waals surface area contributed by atoms with E-state index in [2.05, 4.69) is 5.32 Å². The van der Waals surface area contributed by atoms with Crippen molar-refractivity contribution in [2.45, 2.75) is 12.5 Å². The summed E-state index contributed by atoms with van der Waals surface area (Å²) in [6, 6.07) is 4.31. The number of halogens is 1. The SMILES string of the molecule is COc1cc(F)ccc1OC1CCNC1. The molecule has 1 atom stereocenters. The topological polar surface area (TPSA) is 30.5 Å². The second-order valence-corrected chi connectivity index (χ2v) is 3.53. The molecule has 0 aliphatic carbocycles. The molecule has 1 heterocycles. The van der Waals surface area contributed by atoms with Gasteiger partial charge in [0.05, 0.1) is 7.11 Å². The summed E-state index contributed by atoms with van der Waals surface area (Å²) in [5, 5.41) is 3.20. The van der Waals surface area contributed by atoms with Crippen molar-refractivity contribution in [2.24, 2.45) is 0 Å². The molecule has 1 N–H and O–H groups in total. The van der Waals surface area contributed by atoms with Gasteiger partial charge in [0.25, 0.3) is 0 Å². The average molecular weight is 211 g/mol. The maximum atomic E-state index is 12.9. The maximum Gasteiger partial charge on any atom is 0.163 e. The molecule has 1 aliphatic rings. The minimum atomic E-state index is -0.316. The molecule has 2 rings (SSSR count). The summed E-state index contributed by atoms with van der Waals surface area (Å²) in [6.07, 6.45) is 1.13. The molecular weight excluding hydrogens is 197 g/mol. The van der Waals surface area contributed by atoms with Crippen LogP contribution in [0.15, 0.2) is 18.2 Å². The number of benzene rings is 1. The molecule has 1 aliphatic heterocycles. The molecule has 0 aromatic heterocycles. The van der Waals surface area contributed by atoms with Crippen LogP contribution in [0.1, 0.15) is 6.42 Å². The Morgan fingerprint density at radius 3 is 2.93 bits per heavy atom. The van der Waals surface area contributed by atoms with Gasteiger partial charge < -0.3 is 14.8 Å². The van der Waals surface area contributed by atoms with Crippen LogP contribution in [-0.2, 0) is 0 Å². The molecule has 1 fully saturated rings. The van der Waals surface area contributed by atoms with E-state index in [1.54, 1.807) is 6.07 Å². The third kappa shape index (κ3) is 2.39. The zero-order valence-electron chi connectivity index (χ0n) is 8.63. The van der Waals surface area contributed by atoms with Crippen molar-refractivity contribution >= 4 is 0 Å². The van der Waals surface area contributed by atoms with Crippen molar-refractivity contribution in [3.63, 3.8) is 0 Å². The Labute approximate surface area is 88.2 Å². The lowest BCUT2D eigenvalue weighted by Crippen LogP contribution is -2.19. The predicted molar refractivity (Wildman–Crippen MR) is 54.9 cm³/mol. The molecule has 0 radical (unpaired) electrons. The smallest absolute Gasteiger partial charge is 0.163 e. The lowest BCUT2D eigenvalue weighted by molar-refractivity contribution is 0.212. The van der Waals surface area contributed by atoms with Gasteiger partial charge in [-0.15, -0.1) is 0 Å². The first-order valence-corrected chi connectivity index (χ1v) is 5.00. The van der Waals surface area contributed by atoms with Crippen LogP contribution in [0.4, 0.5) is 4.39 Å². The zero-order valence-corrected chi connectivity index (χ0v) is 8.63.